The van der Waals surface area contributed by atoms with Crippen LogP contribution in [0.2, 0.25) is 0 Å². The van der Waals surface area contributed by atoms with E-state index >= 15 is 0 Å². The first-order valence-corrected chi connectivity index (χ1v) is 13.8. The Hall–Kier alpha value is -5.08. The monoisotopic (exact) mass is 532 g/mol. The molecule has 0 aliphatic heterocycles. The fraction of sp³-hybridized carbons (Fsp3) is 0.0769. The van der Waals surface area contributed by atoms with Gasteiger partial charge in [0.05, 0.1) is 18.2 Å². The summed E-state index contributed by atoms with van der Waals surface area (Å²) in [5.41, 5.74) is 8.84. The second-order valence-electron chi connectivity index (χ2n) is 11.0. The Morgan fingerprint density at radius 1 is 0.585 bits per heavy atom. The normalized spacial score (nSPS) is 15.0. The van der Waals surface area contributed by atoms with Crippen molar-refractivity contribution >= 4 is 39.0 Å². The number of benzene rings is 6. The number of para-hydroxylation sites is 3. The largest absolute Gasteiger partial charge is 0.456 e. The van der Waals surface area contributed by atoms with Crippen molar-refractivity contribution in [1.82, 2.24) is 0 Å². The molecular formula is C39H29NO. The number of rotatable bonds is 4. The Morgan fingerprint density at radius 2 is 1.22 bits per heavy atom. The number of hydrogen-bond acceptors (Lipinski definition) is 2. The second kappa shape index (κ2) is 8.97. The molecule has 196 valence electrons. The van der Waals surface area contributed by atoms with Gasteiger partial charge in [-0.25, -0.2) is 0 Å². The Bertz CT molecular complexity index is 2340. The molecule has 8 rings (SSSR count). The van der Waals surface area contributed by atoms with Crippen molar-refractivity contribution in [3.63, 3.8) is 0 Å². The summed E-state index contributed by atoms with van der Waals surface area (Å²) >= 11 is 0. The Kier molecular flexibility index (Phi) is 4.17. The van der Waals surface area contributed by atoms with E-state index in [0.717, 1.165) is 55.4 Å². The fourth-order valence-corrected chi connectivity index (χ4v) is 6.63. The van der Waals surface area contributed by atoms with Crippen molar-refractivity contribution in [1.29, 1.82) is 0 Å². The lowest BCUT2D eigenvalue weighted by Gasteiger charge is -2.33. The molecule has 41 heavy (non-hydrogen) atoms. The molecular weight excluding hydrogens is 498 g/mol. The molecule has 0 radical (unpaired) electrons. The molecule has 1 aromatic heterocycles. The lowest BCUT2D eigenvalue weighted by Crippen LogP contribution is -2.21. The van der Waals surface area contributed by atoms with Crippen molar-refractivity contribution in [3.05, 3.63) is 151 Å². The molecule has 0 spiro atoms. The SMILES string of the molecule is [2H]c1c([2H])c([2H])c(N(c2ccccc2-c2cccc3oc4ccccc4c23)c2cccc3c2C(C)(C)c2ccccc2-3)c([2H])c1[2H]. The fourth-order valence-electron chi connectivity index (χ4n) is 6.63. The van der Waals surface area contributed by atoms with Gasteiger partial charge in [-0.05, 0) is 64.2 Å². The van der Waals surface area contributed by atoms with Crippen molar-refractivity contribution in [3.8, 4) is 22.3 Å². The second-order valence-corrected chi connectivity index (χ2v) is 11.0. The van der Waals surface area contributed by atoms with Crippen molar-refractivity contribution in [2.45, 2.75) is 19.3 Å². The maximum Gasteiger partial charge on any atom is 0.136 e. The highest BCUT2D eigenvalue weighted by atomic mass is 16.3. The molecule has 0 saturated carbocycles. The maximum atomic E-state index is 9.15. The molecule has 0 atom stereocenters. The van der Waals surface area contributed by atoms with E-state index in [-0.39, 0.29) is 29.9 Å². The highest BCUT2D eigenvalue weighted by molar-refractivity contribution is 6.14. The first-order chi connectivity index (χ1) is 22.2. The molecule has 0 fully saturated rings. The van der Waals surface area contributed by atoms with Gasteiger partial charge in [-0.1, -0.05) is 117 Å². The van der Waals surface area contributed by atoms with Crippen LogP contribution in [-0.2, 0) is 5.41 Å². The summed E-state index contributed by atoms with van der Waals surface area (Å²) in [5, 5.41) is 1.94. The summed E-state index contributed by atoms with van der Waals surface area (Å²) in [5.74, 6) is 0. The van der Waals surface area contributed by atoms with E-state index in [1.165, 1.54) is 5.56 Å². The quantitative estimate of drug-likeness (QED) is 0.224. The van der Waals surface area contributed by atoms with E-state index in [4.69, 9.17) is 11.3 Å². The van der Waals surface area contributed by atoms with E-state index in [2.05, 4.69) is 38.1 Å². The average Bonchev–Trinajstić information content (AvgIpc) is 3.57. The molecule has 1 heterocycles. The Labute approximate surface area is 247 Å². The summed E-state index contributed by atoms with van der Waals surface area (Å²) in [6.07, 6.45) is 0. The lowest BCUT2D eigenvalue weighted by atomic mass is 9.81. The van der Waals surface area contributed by atoms with Crippen LogP contribution in [0.3, 0.4) is 0 Å². The van der Waals surface area contributed by atoms with Crippen molar-refractivity contribution in [2.24, 2.45) is 0 Å². The third-order valence-corrected chi connectivity index (χ3v) is 8.35. The van der Waals surface area contributed by atoms with Gasteiger partial charge in [-0.15, -0.1) is 0 Å². The van der Waals surface area contributed by atoms with Crippen molar-refractivity contribution < 1.29 is 11.3 Å². The topological polar surface area (TPSA) is 16.4 Å². The summed E-state index contributed by atoms with van der Waals surface area (Å²) < 4.78 is 50.2. The van der Waals surface area contributed by atoms with E-state index in [9.17, 15) is 0 Å². The molecule has 2 nitrogen and oxygen atoms in total. The van der Waals surface area contributed by atoms with Crippen LogP contribution < -0.4 is 4.90 Å². The van der Waals surface area contributed by atoms with Crippen LogP contribution in [-0.4, -0.2) is 0 Å². The highest BCUT2D eigenvalue weighted by Crippen LogP contribution is 2.55. The average molecular weight is 533 g/mol. The molecule has 0 unspecified atom stereocenters. The van der Waals surface area contributed by atoms with Crippen LogP contribution in [0.4, 0.5) is 17.1 Å². The van der Waals surface area contributed by atoms with Crippen LogP contribution in [0.1, 0.15) is 31.8 Å². The lowest BCUT2D eigenvalue weighted by molar-refractivity contribution is 0.661. The predicted molar refractivity (Wildman–Crippen MR) is 171 cm³/mol. The predicted octanol–water partition coefficient (Wildman–Crippen LogP) is 11.0. The molecule has 7 aromatic rings. The molecule has 0 N–H and O–H groups in total. The molecule has 0 amide bonds. The zero-order valence-electron chi connectivity index (χ0n) is 27.7. The van der Waals surface area contributed by atoms with Gasteiger partial charge in [0.25, 0.3) is 0 Å². The van der Waals surface area contributed by atoms with Gasteiger partial charge >= 0.3 is 0 Å². The van der Waals surface area contributed by atoms with Crippen LogP contribution in [0.5, 0.6) is 0 Å². The first-order valence-electron chi connectivity index (χ1n) is 16.3. The van der Waals surface area contributed by atoms with Crippen molar-refractivity contribution in [2.75, 3.05) is 4.90 Å². The minimum Gasteiger partial charge on any atom is -0.456 e. The highest BCUT2D eigenvalue weighted by Gasteiger charge is 2.39. The van der Waals surface area contributed by atoms with Gasteiger partial charge in [-0.3, -0.25) is 0 Å². The van der Waals surface area contributed by atoms with E-state index < -0.39 is 11.5 Å². The Balaban J connectivity index is 1.50. The number of hydrogen-bond donors (Lipinski definition) is 0. The number of nitrogens with zero attached hydrogens (tertiary/aromatic N) is 1. The van der Waals surface area contributed by atoms with Gasteiger partial charge in [0, 0.05) is 27.4 Å². The zero-order chi connectivity index (χ0) is 31.9. The molecule has 1 aliphatic rings. The minimum atomic E-state index is -0.427. The summed E-state index contributed by atoms with van der Waals surface area (Å²) in [7, 11) is 0. The van der Waals surface area contributed by atoms with E-state index in [1.807, 2.05) is 89.8 Å². The Morgan fingerprint density at radius 3 is 2.10 bits per heavy atom. The standard InChI is InChI=1S/C39H29NO/c1-39(2)32-21-9-6-16-27(32)30-20-12-23-34(38(30)39)40(26-14-4-3-5-15-26)33-22-10-7-17-28(33)29-19-13-25-36-37(29)31-18-8-11-24-35(31)41-36/h3-25H,1-2H3/i3D,4D,5D,14D,15D. The van der Waals surface area contributed by atoms with Gasteiger partial charge in [0.1, 0.15) is 11.2 Å². The smallest absolute Gasteiger partial charge is 0.136 e. The number of furan rings is 1. The van der Waals surface area contributed by atoms with Gasteiger partial charge in [0.15, 0.2) is 0 Å². The number of fused-ring (bicyclic) bond motifs is 6. The van der Waals surface area contributed by atoms with E-state index in [0.29, 0.717) is 5.69 Å². The van der Waals surface area contributed by atoms with Gasteiger partial charge in [0.2, 0.25) is 0 Å². The molecule has 0 saturated heterocycles. The third-order valence-electron chi connectivity index (χ3n) is 8.35. The minimum absolute atomic E-state index is 0.0998. The van der Waals surface area contributed by atoms with Gasteiger partial charge in [-0.2, -0.15) is 0 Å². The zero-order valence-corrected chi connectivity index (χ0v) is 22.7. The van der Waals surface area contributed by atoms with Crippen LogP contribution in [0.25, 0.3) is 44.2 Å². The molecule has 0 bridgehead atoms. The molecule has 1 aliphatic carbocycles. The number of anilines is 3. The maximum absolute atomic E-state index is 9.15. The van der Waals surface area contributed by atoms with Crippen LogP contribution in [0, 0.1) is 0 Å². The summed E-state index contributed by atoms with van der Waals surface area (Å²) in [6, 6.07) is 34.5. The van der Waals surface area contributed by atoms with Crippen LogP contribution >= 0.6 is 0 Å². The molecule has 2 heteroatoms. The first kappa shape index (κ1) is 19.1. The van der Waals surface area contributed by atoms with Crippen LogP contribution in [0.15, 0.2) is 144 Å². The third kappa shape index (κ3) is 3.50. The van der Waals surface area contributed by atoms with Gasteiger partial charge < -0.3 is 9.32 Å². The summed E-state index contributed by atoms with van der Waals surface area (Å²) in [4.78, 5) is 1.88. The molecule has 6 aromatic carbocycles. The van der Waals surface area contributed by atoms with E-state index in [1.54, 1.807) is 0 Å². The summed E-state index contributed by atoms with van der Waals surface area (Å²) in [6.45, 7) is 4.37.